The summed E-state index contributed by atoms with van der Waals surface area (Å²) in [5.41, 5.74) is 0. The van der Waals surface area contributed by atoms with E-state index in [1.165, 1.54) is 0 Å². The summed E-state index contributed by atoms with van der Waals surface area (Å²) in [5.74, 6) is -2.56. The first kappa shape index (κ1) is 10.4. The predicted molar refractivity (Wildman–Crippen MR) is 40.4 cm³/mol. The standard InChI is InChI=1S/C8H5F3O3/c9-8(10,11)6-3-1-5(14-6)2-4-7(12)13/h1-4H,(H,12,13)/b4-2-. The number of hydrogen-bond donors (Lipinski definition) is 1. The summed E-state index contributed by atoms with van der Waals surface area (Å²) in [5, 5.41) is 8.19. The molecule has 0 spiro atoms. The van der Waals surface area contributed by atoms with Crippen molar-refractivity contribution in [1.82, 2.24) is 0 Å². The van der Waals surface area contributed by atoms with E-state index in [0.717, 1.165) is 18.2 Å². The van der Waals surface area contributed by atoms with Gasteiger partial charge in [0.2, 0.25) is 5.76 Å². The molecule has 1 heterocycles. The second kappa shape index (κ2) is 3.57. The van der Waals surface area contributed by atoms with Crippen molar-refractivity contribution in [2.75, 3.05) is 0 Å². The Morgan fingerprint density at radius 1 is 1.43 bits per heavy atom. The van der Waals surface area contributed by atoms with Crippen LogP contribution in [-0.4, -0.2) is 11.1 Å². The number of halogens is 3. The van der Waals surface area contributed by atoms with Crippen molar-refractivity contribution < 1.29 is 27.5 Å². The molecule has 0 amide bonds. The van der Waals surface area contributed by atoms with Gasteiger partial charge in [-0.2, -0.15) is 13.2 Å². The molecule has 6 heteroatoms. The molecule has 0 unspecified atom stereocenters. The second-order valence-corrected chi connectivity index (χ2v) is 2.37. The van der Waals surface area contributed by atoms with Gasteiger partial charge in [0, 0.05) is 6.08 Å². The van der Waals surface area contributed by atoms with Crippen molar-refractivity contribution in [3.63, 3.8) is 0 Å². The molecule has 0 atom stereocenters. The number of hydrogen-bond acceptors (Lipinski definition) is 2. The van der Waals surface area contributed by atoms with Crippen LogP contribution >= 0.6 is 0 Å². The normalized spacial score (nSPS) is 12.2. The summed E-state index contributed by atoms with van der Waals surface area (Å²) in [6, 6.07) is 1.78. The quantitative estimate of drug-likeness (QED) is 0.756. The van der Waals surface area contributed by atoms with Gasteiger partial charge in [-0.3, -0.25) is 0 Å². The molecule has 0 aromatic carbocycles. The number of furan rings is 1. The van der Waals surface area contributed by atoms with Crippen molar-refractivity contribution in [2.45, 2.75) is 6.18 Å². The zero-order valence-corrected chi connectivity index (χ0v) is 6.71. The van der Waals surface area contributed by atoms with E-state index in [2.05, 4.69) is 4.42 Å². The molecule has 3 nitrogen and oxygen atoms in total. The molecule has 1 aromatic heterocycles. The Kier molecular flexibility index (Phi) is 2.64. The Hall–Kier alpha value is -1.72. The van der Waals surface area contributed by atoms with E-state index in [1.54, 1.807) is 0 Å². The highest BCUT2D eigenvalue weighted by Crippen LogP contribution is 2.30. The van der Waals surface area contributed by atoms with Gasteiger partial charge in [0.25, 0.3) is 0 Å². The molecule has 1 rings (SSSR count). The molecule has 0 saturated heterocycles. The third-order valence-corrected chi connectivity index (χ3v) is 1.30. The Bertz CT molecular complexity index is 362. The number of aliphatic carboxylic acids is 1. The molecular formula is C8H5F3O3. The van der Waals surface area contributed by atoms with Gasteiger partial charge in [0.1, 0.15) is 5.76 Å². The Morgan fingerprint density at radius 2 is 2.07 bits per heavy atom. The lowest BCUT2D eigenvalue weighted by Crippen LogP contribution is -2.01. The highest BCUT2D eigenvalue weighted by Gasteiger charge is 2.34. The average Bonchev–Trinajstić information content (AvgIpc) is 2.47. The molecule has 1 N–H and O–H groups in total. The second-order valence-electron chi connectivity index (χ2n) is 2.37. The maximum Gasteiger partial charge on any atom is 0.449 e. The van der Waals surface area contributed by atoms with Crippen molar-refractivity contribution >= 4 is 12.0 Å². The fourth-order valence-corrected chi connectivity index (χ4v) is 0.748. The molecule has 0 aliphatic carbocycles. The largest absolute Gasteiger partial charge is 0.478 e. The molecule has 76 valence electrons. The van der Waals surface area contributed by atoms with Crippen LogP contribution in [0.4, 0.5) is 13.2 Å². The van der Waals surface area contributed by atoms with Crippen molar-refractivity contribution in [3.05, 3.63) is 29.7 Å². The van der Waals surface area contributed by atoms with Crippen LogP contribution in [0.1, 0.15) is 11.5 Å². The van der Waals surface area contributed by atoms with E-state index < -0.39 is 17.9 Å². The number of carbonyl (C=O) groups is 1. The van der Waals surface area contributed by atoms with E-state index in [9.17, 15) is 18.0 Å². The Balaban J connectivity index is 2.84. The SMILES string of the molecule is O=C(O)/C=C\c1ccc(C(F)(F)F)o1. The van der Waals surface area contributed by atoms with Gasteiger partial charge >= 0.3 is 12.1 Å². The fraction of sp³-hybridized carbons (Fsp3) is 0.125. The summed E-state index contributed by atoms with van der Waals surface area (Å²) in [6.45, 7) is 0. The lowest BCUT2D eigenvalue weighted by molar-refractivity contribution is -0.153. The number of alkyl halides is 3. The first-order valence-corrected chi connectivity index (χ1v) is 3.47. The molecule has 0 aliphatic heterocycles. The average molecular weight is 206 g/mol. The molecule has 0 saturated carbocycles. The van der Waals surface area contributed by atoms with E-state index in [1.807, 2.05) is 0 Å². The maximum atomic E-state index is 12.0. The highest BCUT2D eigenvalue weighted by molar-refractivity contribution is 5.84. The van der Waals surface area contributed by atoms with Crippen LogP contribution in [-0.2, 0) is 11.0 Å². The molecule has 14 heavy (non-hydrogen) atoms. The Morgan fingerprint density at radius 3 is 2.50 bits per heavy atom. The monoisotopic (exact) mass is 206 g/mol. The van der Waals surface area contributed by atoms with Crippen LogP contribution in [0.3, 0.4) is 0 Å². The van der Waals surface area contributed by atoms with Gasteiger partial charge in [0.05, 0.1) is 0 Å². The number of carboxylic acids is 1. The molecule has 0 radical (unpaired) electrons. The molecular weight excluding hydrogens is 201 g/mol. The molecule has 0 bridgehead atoms. The minimum absolute atomic E-state index is 0.153. The van der Waals surface area contributed by atoms with E-state index >= 15 is 0 Å². The highest BCUT2D eigenvalue weighted by atomic mass is 19.4. The van der Waals surface area contributed by atoms with Gasteiger partial charge in [-0.25, -0.2) is 4.79 Å². The van der Waals surface area contributed by atoms with Crippen LogP contribution in [0.2, 0.25) is 0 Å². The van der Waals surface area contributed by atoms with Crippen LogP contribution in [0.5, 0.6) is 0 Å². The fourth-order valence-electron chi connectivity index (χ4n) is 0.748. The zero-order chi connectivity index (χ0) is 10.8. The minimum atomic E-state index is -4.55. The van der Waals surface area contributed by atoms with Crippen LogP contribution in [0.15, 0.2) is 22.6 Å². The summed E-state index contributed by atoms with van der Waals surface area (Å²) >= 11 is 0. The maximum absolute atomic E-state index is 12.0. The summed E-state index contributed by atoms with van der Waals surface area (Å²) in [6.07, 6.45) is -2.91. The van der Waals surface area contributed by atoms with Crippen molar-refractivity contribution in [2.24, 2.45) is 0 Å². The summed E-state index contributed by atoms with van der Waals surface area (Å²) < 4.78 is 40.2. The van der Waals surface area contributed by atoms with Gasteiger partial charge in [-0.05, 0) is 18.2 Å². The Labute approximate surface area is 76.4 Å². The number of carboxylic acid groups (broad SMARTS) is 1. The molecule has 0 aliphatic rings. The third kappa shape index (κ3) is 2.65. The first-order valence-electron chi connectivity index (χ1n) is 3.47. The van der Waals surface area contributed by atoms with Crippen LogP contribution < -0.4 is 0 Å². The number of rotatable bonds is 2. The topological polar surface area (TPSA) is 50.4 Å². The van der Waals surface area contributed by atoms with E-state index in [4.69, 9.17) is 5.11 Å². The minimum Gasteiger partial charge on any atom is -0.478 e. The van der Waals surface area contributed by atoms with Gasteiger partial charge in [-0.15, -0.1) is 0 Å². The first-order chi connectivity index (χ1) is 6.39. The molecule has 1 aromatic rings. The van der Waals surface area contributed by atoms with Gasteiger partial charge in [-0.1, -0.05) is 0 Å². The summed E-state index contributed by atoms with van der Waals surface area (Å²) in [7, 11) is 0. The smallest absolute Gasteiger partial charge is 0.449 e. The predicted octanol–water partition coefficient (Wildman–Crippen LogP) is 2.40. The van der Waals surface area contributed by atoms with Crippen molar-refractivity contribution in [3.8, 4) is 0 Å². The summed E-state index contributed by atoms with van der Waals surface area (Å²) in [4.78, 5) is 10.0. The lowest BCUT2D eigenvalue weighted by Gasteiger charge is -1.99. The third-order valence-electron chi connectivity index (χ3n) is 1.30. The van der Waals surface area contributed by atoms with E-state index in [0.29, 0.717) is 6.08 Å². The molecule has 0 fully saturated rings. The van der Waals surface area contributed by atoms with E-state index in [-0.39, 0.29) is 5.76 Å². The lowest BCUT2D eigenvalue weighted by atomic mass is 10.4. The van der Waals surface area contributed by atoms with Crippen LogP contribution in [0.25, 0.3) is 6.08 Å². The van der Waals surface area contributed by atoms with Gasteiger partial charge in [0.15, 0.2) is 0 Å². The zero-order valence-electron chi connectivity index (χ0n) is 6.71. The van der Waals surface area contributed by atoms with Crippen LogP contribution in [0, 0.1) is 0 Å². The van der Waals surface area contributed by atoms with Gasteiger partial charge < -0.3 is 9.52 Å². The van der Waals surface area contributed by atoms with Crippen molar-refractivity contribution in [1.29, 1.82) is 0 Å².